The third-order valence-electron chi connectivity index (χ3n) is 9.48. The lowest BCUT2D eigenvalue weighted by atomic mass is 10.0. The lowest BCUT2D eigenvalue weighted by Gasteiger charge is -2.24. The van der Waals surface area contributed by atoms with Crippen LogP contribution in [0.2, 0.25) is 0 Å². The van der Waals surface area contributed by atoms with Crippen molar-refractivity contribution in [3.8, 4) is 0 Å². The third-order valence-corrected chi connectivity index (χ3v) is 10.5. The topological polar surface area (TPSA) is 108 Å². The molecule has 0 radical (unpaired) electrons. The molecule has 318 valence electrons. The summed E-state index contributed by atoms with van der Waals surface area (Å²) in [4.78, 5) is 35.3. The van der Waals surface area contributed by atoms with Gasteiger partial charge in [-0.3, -0.25) is 18.6 Å². The van der Waals surface area contributed by atoms with Crippen molar-refractivity contribution < 1.29 is 42.1 Å². The number of rotatable bonds is 40. The van der Waals surface area contributed by atoms with Gasteiger partial charge in [0.15, 0.2) is 6.10 Å². The molecule has 0 spiro atoms. The van der Waals surface area contributed by atoms with Crippen LogP contribution in [0, 0.1) is 0 Å². The molecule has 0 rings (SSSR count). The van der Waals surface area contributed by atoms with Gasteiger partial charge in [-0.1, -0.05) is 167 Å². The highest BCUT2D eigenvalue weighted by Crippen LogP contribution is 2.43. The standard InChI is InChI=1S/C44H84NO8P/c1-6-8-10-12-14-16-18-20-22-23-25-27-29-31-33-35-37-44(47)53-42(41-52-54(48,49)51-39-38-45(3,4)5)40-50-43(46)36-34-32-30-28-26-24-21-19-17-15-13-11-9-7-2/h13,15,19,21,42H,6-12,14,16-18,20,22-41H2,1-5H3/p+1/b15-13+,21-19+/t42-/m1/s1. The van der Waals surface area contributed by atoms with Crippen LogP contribution in [0.25, 0.3) is 0 Å². The van der Waals surface area contributed by atoms with Crippen LogP contribution in [-0.2, 0) is 32.7 Å². The van der Waals surface area contributed by atoms with E-state index >= 15 is 0 Å². The Kier molecular flexibility index (Phi) is 36.1. The number of hydrogen-bond donors (Lipinski definition) is 1. The molecule has 0 heterocycles. The van der Waals surface area contributed by atoms with E-state index in [9.17, 15) is 19.0 Å². The Bertz CT molecular complexity index is 980. The van der Waals surface area contributed by atoms with Crippen molar-refractivity contribution in [2.45, 2.75) is 200 Å². The van der Waals surface area contributed by atoms with Gasteiger partial charge in [-0.2, -0.15) is 0 Å². The second-order valence-electron chi connectivity index (χ2n) is 16.1. The number of ether oxygens (including phenoxy) is 2. The summed E-state index contributed by atoms with van der Waals surface area (Å²) in [7, 11) is 1.47. The maximum Gasteiger partial charge on any atom is 0.472 e. The number of likely N-dealkylation sites (N-methyl/N-ethyl adjacent to an activating group) is 1. The first-order valence-electron chi connectivity index (χ1n) is 22.1. The van der Waals surface area contributed by atoms with Gasteiger partial charge in [-0.15, -0.1) is 0 Å². The Morgan fingerprint density at radius 1 is 0.574 bits per heavy atom. The maximum absolute atomic E-state index is 12.7. The normalized spacial score (nSPS) is 13.8. The molecule has 0 aromatic rings. The fourth-order valence-corrected chi connectivity index (χ4v) is 6.71. The van der Waals surface area contributed by atoms with Crippen LogP contribution in [0.15, 0.2) is 24.3 Å². The van der Waals surface area contributed by atoms with Gasteiger partial charge in [0.1, 0.15) is 19.8 Å². The lowest BCUT2D eigenvalue weighted by Crippen LogP contribution is -2.37. The summed E-state index contributed by atoms with van der Waals surface area (Å²) in [5.41, 5.74) is 0. The first kappa shape index (κ1) is 52.5. The summed E-state index contributed by atoms with van der Waals surface area (Å²) in [5, 5.41) is 0. The zero-order valence-corrected chi connectivity index (χ0v) is 36.6. The zero-order valence-electron chi connectivity index (χ0n) is 35.7. The highest BCUT2D eigenvalue weighted by Gasteiger charge is 2.27. The number of allylic oxidation sites excluding steroid dienone is 4. The number of esters is 2. The molecule has 54 heavy (non-hydrogen) atoms. The molecule has 10 heteroatoms. The molecule has 2 atom stereocenters. The minimum atomic E-state index is -4.37. The van der Waals surface area contributed by atoms with E-state index in [1.54, 1.807) is 0 Å². The first-order valence-corrected chi connectivity index (χ1v) is 23.6. The van der Waals surface area contributed by atoms with Crippen LogP contribution < -0.4 is 0 Å². The smallest absolute Gasteiger partial charge is 0.462 e. The molecule has 0 saturated carbocycles. The molecule has 0 bridgehead atoms. The van der Waals surface area contributed by atoms with Crippen LogP contribution in [0.1, 0.15) is 194 Å². The number of phosphoric ester groups is 1. The van der Waals surface area contributed by atoms with Crippen LogP contribution >= 0.6 is 7.82 Å². The molecule has 0 fully saturated rings. The zero-order chi connectivity index (χ0) is 40.0. The van der Waals surface area contributed by atoms with E-state index in [2.05, 4.69) is 38.2 Å². The summed E-state index contributed by atoms with van der Waals surface area (Å²) in [6.45, 7) is 4.38. The largest absolute Gasteiger partial charge is 0.472 e. The van der Waals surface area contributed by atoms with E-state index in [0.717, 1.165) is 57.8 Å². The number of carbonyl (C=O) groups is 2. The minimum absolute atomic E-state index is 0.0312. The maximum atomic E-state index is 12.7. The molecule has 0 saturated heterocycles. The Morgan fingerprint density at radius 2 is 1.02 bits per heavy atom. The summed E-state index contributed by atoms with van der Waals surface area (Å²) in [6.07, 6.45) is 39.3. The summed E-state index contributed by atoms with van der Waals surface area (Å²) in [5.74, 6) is -0.808. The van der Waals surface area contributed by atoms with Crippen molar-refractivity contribution >= 4 is 19.8 Å². The number of hydrogen-bond acceptors (Lipinski definition) is 7. The minimum Gasteiger partial charge on any atom is -0.462 e. The molecule has 1 unspecified atom stereocenters. The molecule has 0 aliphatic rings. The summed E-state index contributed by atoms with van der Waals surface area (Å²) in [6, 6.07) is 0. The van der Waals surface area contributed by atoms with Gasteiger partial charge in [0, 0.05) is 12.8 Å². The van der Waals surface area contributed by atoms with E-state index < -0.39 is 26.5 Å². The molecule has 0 aromatic carbocycles. The Balaban J connectivity index is 4.36. The van der Waals surface area contributed by atoms with Crippen molar-refractivity contribution in [2.24, 2.45) is 0 Å². The van der Waals surface area contributed by atoms with E-state index in [0.29, 0.717) is 17.4 Å². The quantitative estimate of drug-likeness (QED) is 0.0215. The van der Waals surface area contributed by atoms with E-state index in [-0.39, 0.29) is 32.0 Å². The molecular formula is C44H85NO8P+. The third kappa shape index (κ3) is 40.2. The Labute approximate surface area is 332 Å². The molecule has 0 aromatic heterocycles. The predicted molar refractivity (Wildman–Crippen MR) is 224 cm³/mol. The first-order chi connectivity index (χ1) is 26.0. The van der Waals surface area contributed by atoms with Gasteiger partial charge in [0.05, 0.1) is 27.7 Å². The Morgan fingerprint density at radius 3 is 1.52 bits per heavy atom. The number of nitrogens with zero attached hydrogens (tertiary/aromatic N) is 1. The van der Waals surface area contributed by atoms with Crippen molar-refractivity contribution in [3.05, 3.63) is 24.3 Å². The van der Waals surface area contributed by atoms with Crippen molar-refractivity contribution in [1.29, 1.82) is 0 Å². The molecule has 9 nitrogen and oxygen atoms in total. The second-order valence-corrected chi connectivity index (χ2v) is 17.5. The number of phosphoric acid groups is 1. The number of carbonyl (C=O) groups excluding carboxylic acids is 2. The van der Waals surface area contributed by atoms with Gasteiger partial charge in [-0.25, -0.2) is 4.57 Å². The SMILES string of the molecule is CCCC/C=C/C/C=C/CCCCCCCC(=O)OC[C@H](COP(=O)(O)OCC[N+](C)(C)C)OC(=O)CCCCCCCCCCCCCCCCCC. The van der Waals surface area contributed by atoms with Gasteiger partial charge < -0.3 is 18.9 Å². The average molecular weight is 787 g/mol. The highest BCUT2D eigenvalue weighted by atomic mass is 31.2. The molecule has 0 amide bonds. The van der Waals surface area contributed by atoms with Crippen LogP contribution in [0.5, 0.6) is 0 Å². The van der Waals surface area contributed by atoms with Crippen molar-refractivity contribution in [3.63, 3.8) is 0 Å². The lowest BCUT2D eigenvalue weighted by molar-refractivity contribution is -0.870. The fourth-order valence-electron chi connectivity index (χ4n) is 5.97. The van der Waals surface area contributed by atoms with E-state index in [1.807, 2.05) is 21.1 Å². The monoisotopic (exact) mass is 787 g/mol. The fraction of sp³-hybridized carbons (Fsp3) is 0.864. The number of unbranched alkanes of at least 4 members (excludes halogenated alkanes) is 22. The average Bonchev–Trinajstić information content (AvgIpc) is 3.12. The van der Waals surface area contributed by atoms with Gasteiger partial charge >= 0.3 is 19.8 Å². The van der Waals surface area contributed by atoms with Gasteiger partial charge in [-0.05, 0) is 38.5 Å². The Hall–Kier alpha value is -1.51. The van der Waals surface area contributed by atoms with Crippen LogP contribution in [0.4, 0.5) is 0 Å². The number of quaternary nitrogens is 1. The van der Waals surface area contributed by atoms with E-state index in [1.165, 1.54) is 103 Å². The summed E-state index contributed by atoms with van der Waals surface area (Å²) >= 11 is 0. The molecule has 1 N–H and O–H groups in total. The van der Waals surface area contributed by atoms with Gasteiger partial charge in [0.25, 0.3) is 0 Å². The predicted octanol–water partition coefficient (Wildman–Crippen LogP) is 12.4. The van der Waals surface area contributed by atoms with Crippen molar-refractivity contribution in [2.75, 3.05) is 47.5 Å². The van der Waals surface area contributed by atoms with Crippen LogP contribution in [-0.4, -0.2) is 74.9 Å². The molecule has 0 aliphatic heterocycles. The molecular weight excluding hydrogens is 701 g/mol. The van der Waals surface area contributed by atoms with Crippen LogP contribution in [0.3, 0.4) is 0 Å². The van der Waals surface area contributed by atoms with E-state index in [4.69, 9.17) is 18.5 Å². The second kappa shape index (κ2) is 37.1. The highest BCUT2D eigenvalue weighted by molar-refractivity contribution is 7.47. The summed E-state index contributed by atoms with van der Waals surface area (Å²) < 4.78 is 34.3. The van der Waals surface area contributed by atoms with Gasteiger partial charge in [0.2, 0.25) is 0 Å². The molecule has 0 aliphatic carbocycles. The van der Waals surface area contributed by atoms with Crippen molar-refractivity contribution in [1.82, 2.24) is 0 Å².